The lowest BCUT2D eigenvalue weighted by Crippen LogP contribution is -2.58. The number of nitrogens with zero attached hydrogens (tertiary/aromatic N) is 3. The number of nitrogens with one attached hydrogen (secondary N) is 1. The molecule has 4 rings (SSSR count). The molecule has 2 aliphatic rings. The van der Waals surface area contributed by atoms with Crippen molar-refractivity contribution in [3.63, 3.8) is 0 Å². The van der Waals surface area contributed by atoms with Gasteiger partial charge in [0, 0.05) is 56.3 Å². The van der Waals surface area contributed by atoms with Crippen LogP contribution in [0.2, 0.25) is 5.02 Å². The molecule has 2 heterocycles. The average molecular weight is 497 g/mol. The largest absolute Gasteiger partial charge is 0.337 e. The Kier molecular flexibility index (Phi) is 7.65. The number of rotatable bonds is 4. The minimum absolute atomic E-state index is 0.0163. The third-order valence-electron chi connectivity index (χ3n) is 6.74. The first-order valence-electron chi connectivity index (χ1n) is 12.2. The van der Waals surface area contributed by atoms with E-state index in [0.717, 1.165) is 16.7 Å². The summed E-state index contributed by atoms with van der Waals surface area (Å²) >= 11 is 6.17. The molecular formula is C27H33ClN4O3. The van der Waals surface area contributed by atoms with Gasteiger partial charge < -0.3 is 20.0 Å². The van der Waals surface area contributed by atoms with Crippen molar-refractivity contribution in [2.75, 3.05) is 31.5 Å². The minimum atomic E-state index is -0.508. The van der Waals surface area contributed by atoms with Crippen LogP contribution in [0.25, 0.3) is 0 Å². The molecule has 2 aromatic carbocycles. The van der Waals surface area contributed by atoms with Gasteiger partial charge in [-0.15, -0.1) is 0 Å². The van der Waals surface area contributed by atoms with E-state index in [-0.39, 0.29) is 23.8 Å². The molecule has 1 N–H and O–H groups in total. The summed E-state index contributed by atoms with van der Waals surface area (Å²) in [6, 6.07) is 12.7. The second kappa shape index (κ2) is 10.7. The normalized spacial score (nSPS) is 17.9. The molecule has 35 heavy (non-hydrogen) atoms. The van der Waals surface area contributed by atoms with Crippen LogP contribution in [0, 0.1) is 12.8 Å². The van der Waals surface area contributed by atoms with Gasteiger partial charge in [0.2, 0.25) is 11.8 Å². The Morgan fingerprint density at radius 1 is 1.00 bits per heavy atom. The summed E-state index contributed by atoms with van der Waals surface area (Å²) in [5.41, 5.74) is 3.81. The topological polar surface area (TPSA) is 73.0 Å². The number of carbonyl (C=O) groups is 3. The van der Waals surface area contributed by atoms with E-state index in [1.807, 2.05) is 57.2 Å². The molecule has 7 nitrogen and oxygen atoms in total. The summed E-state index contributed by atoms with van der Waals surface area (Å²) in [6.45, 7) is 8.13. The molecule has 0 bridgehead atoms. The van der Waals surface area contributed by atoms with Crippen LogP contribution in [-0.2, 0) is 22.6 Å². The van der Waals surface area contributed by atoms with Gasteiger partial charge in [-0.1, -0.05) is 55.8 Å². The molecule has 1 atom stereocenters. The van der Waals surface area contributed by atoms with Crippen molar-refractivity contribution in [2.24, 2.45) is 5.92 Å². The summed E-state index contributed by atoms with van der Waals surface area (Å²) in [4.78, 5) is 44.6. The van der Waals surface area contributed by atoms with Crippen LogP contribution in [0.4, 0.5) is 10.5 Å². The lowest BCUT2D eigenvalue weighted by molar-refractivity contribution is -0.148. The first kappa shape index (κ1) is 25.0. The summed E-state index contributed by atoms with van der Waals surface area (Å²) in [6.07, 6.45) is 0.941. The molecule has 186 valence electrons. The van der Waals surface area contributed by atoms with Crippen LogP contribution in [0.15, 0.2) is 42.5 Å². The van der Waals surface area contributed by atoms with E-state index in [1.165, 1.54) is 0 Å². The highest BCUT2D eigenvalue weighted by Crippen LogP contribution is 2.26. The van der Waals surface area contributed by atoms with Gasteiger partial charge in [-0.05, 0) is 41.7 Å². The van der Waals surface area contributed by atoms with Crippen molar-refractivity contribution in [2.45, 2.75) is 46.2 Å². The van der Waals surface area contributed by atoms with Crippen LogP contribution in [0.5, 0.6) is 0 Å². The van der Waals surface area contributed by atoms with Gasteiger partial charge in [0.15, 0.2) is 0 Å². The van der Waals surface area contributed by atoms with E-state index in [4.69, 9.17) is 11.6 Å². The fourth-order valence-electron chi connectivity index (χ4n) is 4.69. The smallest absolute Gasteiger partial charge is 0.321 e. The number of halogens is 1. The summed E-state index contributed by atoms with van der Waals surface area (Å²) in [5.74, 6) is 0.200. The lowest BCUT2D eigenvalue weighted by Gasteiger charge is -2.41. The van der Waals surface area contributed by atoms with Gasteiger partial charge >= 0.3 is 6.03 Å². The number of carbonyl (C=O) groups excluding carboxylic acids is 3. The Balaban J connectivity index is 1.40. The maximum atomic E-state index is 13.6. The predicted octanol–water partition coefficient (Wildman–Crippen LogP) is 4.32. The highest BCUT2D eigenvalue weighted by Gasteiger charge is 2.38. The number of benzene rings is 2. The number of fused-ring (bicyclic) bond motifs is 1. The van der Waals surface area contributed by atoms with Crippen molar-refractivity contribution >= 4 is 35.1 Å². The van der Waals surface area contributed by atoms with Gasteiger partial charge in [0.1, 0.15) is 6.04 Å². The van der Waals surface area contributed by atoms with E-state index in [0.29, 0.717) is 56.3 Å². The number of piperazine rings is 1. The minimum Gasteiger partial charge on any atom is -0.337 e. The number of urea groups is 1. The summed E-state index contributed by atoms with van der Waals surface area (Å²) < 4.78 is 0. The molecule has 2 aromatic rings. The van der Waals surface area contributed by atoms with E-state index in [9.17, 15) is 14.4 Å². The van der Waals surface area contributed by atoms with Crippen molar-refractivity contribution in [1.82, 2.24) is 14.7 Å². The first-order chi connectivity index (χ1) is 16.7. The van der Waals surface area contributed by atoms with Crippen molar-refractivity contribution in [3.05, 3.63) is 64.2 Å². The first-order valence-corrected chi connectivity index (χ1v) is 12.6. The Morgan fingerprint density at radius 3 is 2.31 bits per heavy atom. The fraction of sp³-hybridized carbons (Fsp3) is 0.444. The summed E-state index contributed by atoms with van der Waals surface area (Å²) in [7, 11) is 0. The zero-order valence-electron chi connectivity index (χ0n) is 20.6. The van der Waals surface area contributed by atoms with Gasteiger partial charge in [-0.2, -0.15) is 0 Å². The maximum absolute atomic E-state index is 13.6. The van der Waals surface area contributed by atoms with Gasteiger partial charge in [0.05, 0.1) is 0 Å². The molecule has 1 unspecified atom stereocenters. The molecule has 1 fully saturated rings. The Labute approximate surface area is 212 Å². The highest BCUT2D eigenvalue weighted by molar-refractivity contribution is 6.31. The quantitative estimate of drug-likeness (QED) is 0.685. The molecular weight excluding hydrogens is 464 g/mol. The second-order valence-electron chi connectivity index (χ2n) is 9.81. The average Bonchev–Trinajstić information content (AvgIpc) is 2.84. The number of amides is 4. The number of hydrogen-bond donors (Lipinski definition) is 1. The van der Waals surface area contributed by atoms with Crippen molar-refractivity contribution < 1.29 is 14.4 Å². The highest BCUT2D eigenvalue weighted by atomic mass is 35.5. The molecule has 8 heteroatoms. The van der Waals surface area contributed by atoms with Crippen molar-refractivity contribution in [3.8, 4) is 0 Å². The van der Waals surface area contributed by atoms with E-state index >= 15 is 0 Å². The van der Waals surface area contributed by atoms with E-state index in [2.05, 4.69) is 5.32 Å². The third kappa shape index (κ3) is 5.78. The van der Waals surface area contributed by atoms with Gasteiger partial charge in [0.25, 0.3) is 0 Å². The number of hydrogen-bond acceptors (Lipinski definition) is 3. The van der Waals surface area contributed by atoms with Gasteiger partial charge in [-0.3, -0.25) is 9.59 Å². The molecule has 0 aromatic heterocycles. The fourth-order valence-corrected chi connectivity index (χ4v) is 4.87. The Hall–Kier alpha value is -3.06. The van der Waals surface area contributed by atoms with E-state index < -0.39 is 6.04 Å². The third-order valence-corrected chi connectivity index (χ3v) is 7.15. The van der Waals surface area contributed by atoms with Crippen LogP contribution in [0.3, 0.4) is 0 Å². The molecule has 2 aliphatic heterocycles. The second-order valence-corrected chi connectivity index (χ2v) is 10.2. The summed E-state index contributed by atoms with van der Waals surface area (Å²) in [5, 5.41) is 3.49. The Bertz CT molecular complexity index is 1110. The maximum Gasteiger partial charge on any atom is 0.321 e. The van der Waals surface area contributed by atoms with Crippen LogP contribution in [0.1, 0.15) is 37.0 Å². The number of anilines is 1. The number of aryl methyl sites for hydroxylation is 1. The molecule has 0 spiro atoms. The SMILES string of the molecule is Cc1ccc(NC(=O)N2CCN(C(=O)C3Cc4ccccc4CN3C(=O)CC(C)C)CC2)cc1Cl. The van der Waals surface area contributed by atoms with Crippen LogP contribution >= 0.6 is 11.6 Å². The van der Waals surface area contributed by atoms with Gasteiger partial charge in [-0.25, -0.2) is 4.79 Å². The van der Waals surface area contributed by atoms with E-state index in [1.54, 1.807) is 20.8 Å². The molecule has 0 saturated carbocycles. The monoisotopic (exact) mass is 496 g/mol. The lowest BCUT2D eigenvalue weighted by atomic mass is 9.92. The molecule has 0 radical (unpaired) electrons. The zero-order chi connectivity index (χ0) is 25.1. The molecule has 1 saturated heterocycles. The van der Waals surface area contributed by atoms with Crippen LogP contribution < -0.4 is 5.32 Å². The zero-order valence-corrected chi connectivity index (χ0v) is 21.3. The molecule has 4 amide bonds. The van der Waals surface area contributed by atoms with Crippen LogP contribution in [-0.4, -0.2) is 64.8 Å². The van der Waals surface area contributed by atoms with Crippen molar-refractivity contribution in [1.29, 1.82) is 0 Å². The standard InChI is InChI=1S/C27H33ClN4O3/c1-18(2)14-25(33)32-17-21-7-5-4-6-20(21)15-24(32)26(34)30-10-12-31(13-11-30)27(35)29-22-9-8-19(3)23(28)16-22/h4-9,16,18,24H,10-15,17H2,1-3H3,(H,29,35). The molecule has 0 aliphatic carbocycles. The Morgan fingerprint density at radius 2 is 1.66 bits per heavy atom. The predicted molar refractivity (Wildman–Crippen MR) is 137 cm³/mol.